The largest absolute Gasteiger partial charge is 0.360 e. The zero-order chi connectivity index (χ0) is 14.5. The van der Waals surface area contributed by atoms with Gasteiger partial charge in [0.15, 0.2) is 5.76 Å². The molecule has 1 aliphatic rings. The molecule has 0 aromatic carbocycles. The second-order valence-electron chi connectivity index (χ2n) is 6.45. The predicted octanol–water partition coefficient (Wildman–Crippen LogP) is 1.56. The molecule has 2 heterocycles. The van der Waals surface area contributed by atoms with Crippen molar-refractivity contribution in [3.8, 4) is 0 Å². The van der Waals surface area contributed by atoms with Crippen LogP contribution in [0.25, 0.3) is 0 Å². The number of nitrogens with zero attached hydrogens (tertiary/aromatic N) is 3. The number of rotatable bonds is 7. The van der Waals surface area contributed by atoms with Gasteiger partial charge in [0.25, 0.3) is 0 Å². The molecule has 0 spiro atoms. The molecular formula is C15H28N4O. The van der Waals surface area contributed by atoms with E-state index in [0.717, 1.165) is 44.2 Å². The lowest BCUT2D eigenvalue weighted by molar-refractivity contribution is 0.241. The molecule has 1 N–H and O–H groups in total. The highest BCUT2D eigenvalue weighted by atomic mass is 16.5. The Morgan fingerprint density at radius 1 is 1.50 bits per heavy atom. The lowest BCUT2D eigenvalue weighted by atomic mass is 10.2. The molecule has 1 aromatic heterocycles. The summed E-state index contributed by atoms with van der Waals surface area (Å²) in [5.41, 5.74) is 1.00. The van der Waals surface area contributed by atoms with Gasteiger partial charge in [-0.2, -0.15) is 0 Å². The van der Waals surface area contributed by atoms with Crippen LogP contribution in [-0.4, -0.2) is 54.7 Å². The SMILES string of the molecule is CC(C)CNCc1cc(CN2CCC(N(C)C)C2)on1. The highest BCUT2D eigenvalue weighted by Gasteiger charge is 2.24. The van der Waals surface area contributed by atoms with Crippen molar-refractivity contribution in [1.82, 2.24) is 20.3 Å². The van der Waals surface area contributed by atoms with Crippen LogP contribution in [0, 0.1) is 5.92 Å². The Labute approximate surface area is 122 Å². The highest BCUT2D eigenvalue weighted by Crippen LogP contribution is 2.16. The number of hydrogen-bond donors (Lipinski definition) is 1. The van der Waals surface area contributed by atoms with Gasteiger partial charge in [-0.25, -0.2) is 0 Å². The molecule has 1 aromatic rings. The number of likely N-dealkylation sites (tertiary alicyclic amines) is 1. The smallest absolute Gasteiger partial charge is 0.151 e. The number of hydrogen-bond acceptors (Lipinski definition) is 5. The van der Waals surface area contributed by atoms with Crippen molar-refractivity contribution in [3.05, 3.63) is 17.5 Å². The van der Waals surface area contributed by atoms with E-state index in [1.807, 2.05) is 0 Å². The third-order valence-electron chi connectivity index (χ3n) is 3.82. The van der Waals surface area contributed by atoms with Crippen molar-refractivity contribution >= 4 is 0 Å². The topological polar surface area (TPSA) is 44.5 Å². The van der Waals surface area contributed by atoms with E-state index in [4.69, 9.17) is 4.52 Å². The molecule has 1 unspecified atom stereocenters. The Kier molecular flexibility index (Phi) is 5.57. The van der Waals surface area contributed by atoms with Crippen LogP contribution in [0.2, 0.25) is 0 Å². The molecule has 1 saturated heterocycles. The quantitative estimate of drug-likeness (QED) is 0.821. The van der Waals surface area contributed by atoms with E-state index in [-0.39, 0.29) is 0 Å². The molecule has 0 radical (unpaired) electrons. The molecule has 5 heteroatoms. The first kappa shape index (κ1) is 15.5. The Morgan fingerprint density at radius 2 is 2.30 bits per heavy atom. The summed E-state index contributed by atoms with van der Waals surface area (Å²) in [6.07, 6.45) is 1.24. The van der Waals surface area contributed by atoms with Crippen LogP contribution in [0.5, 0.6) is 0 Å². The minimum absolute atomic E-state index is 0.661. The van der Waals surface area contributed by atoms with Crippen molar-refractivity contribution < 1.29 is 4.52 Å². The summed E-state index contributed by atoms with van der Waals surface area (Å²) in [5.74, 6) is 1.64. The molecular weight excluding hydrogens is 252 g/mol. The van der Waals surface area contributed by atoms with Crippen molar-refractivity contribution in [2.24, 2.45) is 5.92 Å². The highest BCUT2D eigenvalue weighted by molar-refractivity contribution is 5.05. The molecule has 1 fully saturated rings. The average Bonchev–Trinajstić information content (AvgIpc) is 2.99. The maximum atomic E-state index is 5.43. The lowest BCUT2D eigenvalue weighted by Crippen LogP contribution is -2.31. The van der Waals surface area contributed by atoms with Gasteiger partial charge in [0.2, 0.25) is 0 Å². The van der Waals surface area contributed by atoms with Gasteiger partial charge < -0.3 is 14.7 Å². The fraction of sp³-hybridized carbons (Fsp3) is 0.800. The molecule has 0 saturated carbocycles. The molecule has 2 rings (SSSR count). The maximum absolute atomic E-state index is 5.43. The van der Waals surface area contributed by atoms with Crippen molar-refractivity contribution in [2.75, 3.05) is 33.7 Å². The Balaban J connectivity index is 1.75. The number of likely N-dealkylation sites (N-methyl/N-ethyl adjacent to an activating group) is 1. The summed E-state index contributed by atoms with van der Waals surface area (Å²) in [5, 5.41) is 7.52. The summed E-state index contributed by atoms with van der Waals surface area (Å²) >= 11 is 0. The van der Waals surface area contributed by atoms with E-state index < -0.39 is 0 Å². The van der Waals surface area contributed by atoms with Gasteiger partial charge in [0.05, 0.1) is 12.2 Å². The summed E-state index contributed by atoms with van der Waals surface area (Å²) in [6.45, 7) is 9.35. The average molecular weight is 280 g/mol. The van der Waals surface area contributed by atoms with E-state index >= 15 is 0 Å². The van der Waals surface area contributed by atoms with Crippen LogP contribution < -0.4 is 5.32 Å². The second-order valence-corrected chi connectivity index (χ2v) is 6.45. The third-order valence-corrected chi connectivity index (χ3v) is 3.82. The zero-order valence-corrected chi connectivity index (χ0v) is 13.2. The summed E-state index contributed by atoms with van der Waals surface area (Å²) in [6, 6.07) is 2.75. The Bertz CT molecular complexity index is 402. The maximum Gasteiger partial charge on any atom is 0.151 e. The Morgan fingerprint density at radius 3 is 2.95 bits per heavy atom. The molecule has 0 aliphatic carbocycles. The first-order chi connectivity index (χ1) is 9.54. The second kappa shape index (κ2) is 7.20. The normalized spacial score (nSPS) is 20.4. The fourth-order valence-electron chi connectivity index (χ4n) is 2.60. The van der Waals surface area contributed by atoms with Crippen LogP contribution in [0.3, 0.4) is 0 Å². The first-order valence-corrected chi connectivity index (χ1v) is 7.58. The fourth-order valence-corrected chi connectivity index (χ4v) is 2.60. The van der Waals surface area contributed by atoms with Gasteiger partial charge in [0, 0.05) is 31.7 Å². The summed E-state index contributed by atoms with van der Waals surface area (Å²) in [7, 11) is 4.31. The van der Waals surface area contributed by atoms with Crippen LogP contribution in [0.15, 0.2) is 10.6 Å². The van der Waals surface area contributed by atoms with Gasteiger partial charge in [0.1, 0.15) is 0 Å². The third kappa shape index (κ3) is 4.58. The van der Waals surface area contributed by atoms with E-state index in [0.29, 0.717) is 12.0 Å². The van der Waals surface area contributed by atoms with Gasteiger partial charge in [-0.1, -0.05) is 19.0 Å². The number of nitrogens with one attached hydrogen (secondary N) is 1. The van der Waals surface area contributed by atoms with E-state index in [1.54, 1.807) is 0 Å². The van der Waals surface area contributed by atoms with Gasteiger partial charge in [-0.15, -0.1) is 0 Å². The molecule has 5 nitrogen and oxygen atoms in total. The molecule has 1 aliphatic heterocycles. The number of aromatic nitrogens is 1. The van der Waals surface area contributed by atoms with Gasteiger partial charge >= 0.3 is 0 Å². The van der Waals surface area contributed by atoms with Crippen molar-refractivity contribution in [2.45, 2.75) is 39.4 Å². The van der Waals surface area contributed by atoms with E-state index in [2.05, 4.69) is 54.3 Å². The standard InChI is InChI=1S/C15H28N4O/c1-12(2)8-16-9-13-7-15(20-17-13)11-19-6-5-14(10-19)18(3)4/h7,12,14,16H,5-6,8-11H2,1-4H3. The molecule has 0 amide bonds. The molecule has 0 bridgehead atoms. The minimum atomic E-state index is 0.661. The predicted molar refractivity (Wildman–Crippen MR) is 80.4 cm³/mol. The van der Waals surface area contributed by atoms with Crippen LogP contribution in [0.1, 0.15) is 31.7 Å². The van der Waals surface area contributed by atoms with Crippen LogP contribution >= 0.6 is 0 Å². The summed E-state index contributed by atoms with van der Waals surface area (Å²) < 4.78 is 5.43. The van der Waals surface area contributed by atoms with Crippen LogP contribution in [-0.2, 0) is 13.1 Å². The zero-order valence-electron chi connectivity index (χ0n) is 13.2. The molecule has 1 atom stereocenters. The van der Waals surface area contributed by atoms with Crippen molar-refractivity contribution in [1.29, 1.82) is 0 Å². The minimum Gasteiger partial charge on any atom is -0.360 e. The molecule has 20 heavy (non-hydrogen) atoms. The lowest BCUT2D eigenvalue weighted by Gasteiger charge is -2.19. The monoisotopic (exact) mass is 280 g/mol. The van der Waals surface area contributed by atoms with Gasteiger partial charge in [-0.3, -0.25) is 4.90 Å². The van der Waals surface area contributed by atoms with E-state index in [1.165, 1.54) is 6.42 Å². The molecule has 114 valence electrons. The Hall–Kier alpha value is -0.910. The van der Waals surface area contributed by atoms with Crippen LogP contribution in [0.4, 0.5) is 0 Å². The van der Waals surface area contributed by atoms with Crippen molar-refractivity contribution in [3.63, 3.8) is 0 Å². The van der Waals surface area contributed by atoms with Gasteiger partial charge in [-0.05, 0) is 33.0 Å². The summed E-state index contributed by atoms with van der Waals surface area (Å²) in [4.78, 5) is 4.75. The van der Waals surface area contributed by atoms with E-state index in [9.17, 15) is 0 Å². The first-order valence-electron chi connectivity index (χ1n) is 7.58.